The lowest BCUT2D eigenvalue weighted by atomic mass is 10.2. The maximum absolute atomic E-state index is 13.0. The molecule has 0 aromatic heterocycles. The molecule has 0 aliphatic heterocycles. The van der Waals surface area contributed by atoms with Crippen LogP contribution < -0.4 is 11.1 Å². The average molecular weight is 296 g/mol. The molecule has 0 saturated heterocycles. The van der Waals surface area contributed by atoms with E-state index in [0.717, 1.165) is 5.56 Å². The number of nitro benzene ring substituents is 1. The Morgan fingerprint density at radius 3 is 2.65 bits per heavy atom. The van der Waals surface area contributed by atoms with E-state index >= 15 is 0 Å². The van der Waals surface area contributed by atoms with Gasteiger partial charge in [-0.25, -0.2) is 4.39 Å². The van der Waals surface area contributed by atoms with Crippen LogP contribution in [0.1, 0.15) is 5.56 Å². The first kappa shape index (κ1) is 14.1. The average Bonchev–Trinajstić information content (AvgIpc) is 2.41. The van der Waals surface area contributed by atoms with Crippen LogP contribution >= 0.6 is 11.6 Å². The van der Waals surface area contributed by atoms with Crippen molar-refractivity contribution in [3.8, 4) is 0 Å². The monoisotopic (exact) mass is 295 g/mol. The van der Waals surface area contributed by atoms with Crippen molar-refractivity contribution in [2.75, 3.05) is 11.1 Å². The van der Waals surface area contributed by atoms with Gasteiger partial charge in [0.1, 0.15) is 5.82 Å². The van der Waals surface area contributed by atoms with E-state index < -0.39 is 10.7 Å². The molecular formula is C13H11ClFN3O2. The second-order valence-electron chi connectivity index (χ2n) is 4.13. The first-order chi connectivity index (χ1) is 9.47. The molecule has 2 aromatic rings. The van der Waals surface area contributed by atoms with Gasteiger partial charge in [0.25, 0.3) is 5.69 Å². The molecule has 2 rings (SSSR count). The zero-order valence-corrected chi connectivity index (χ0v) is 11.0. The predicted octanol–water partition coefficient (Wildman–Crippen LogP) is 3.58. The van der Waals surface area contributed by atoms with Gasteiger partial charge in [-0.2, -0.15) is 0 Å². The zero-order chi connectivity index (χ0) is 14.7. The largest absolute Gasteiger partial charge is 0.397 e. The Bertz CT molecular complexity index is 664. The van der Waals surface area contributed by atoms with E-state index in [1.54, 1.807) is 6.07 Å². The molecule has 20 heavy (non-hydrogen) atoms. The topological polar surface area (TPSA) is 81.2 Å². The molecule has 0 aliphatic rings. The minimum Gasteiger partial charge on any atom is -0.397 e. The molecule has 0 fully saturated rings. The standard InChI is InChI=1S/C13H11ClFN3O2/c14-10-5-8(1-3-11(10)15)7-17-13-4-2-9(18(19)20)6-12(13)16/h1-6,17H,7,16H2. The number of anilines is 2. The molecule has 0 unspecified atom stereocenters. The van der Waals surface area contributed by atoms with Crippen molar-refractivity contribution in [1.29, 1.82) is 0 Å². The number of nitrogen functional groups attached to an aromatic ring is 1. The van der Waals surface area contributed by atoms with Gasteiger partial charge in [-0.05, 0) is 23.8 Å². The first-order valence-electron chi connectivity index (χ1n) is 5.69. The van der Waals surface area contributed by atoms with Crippen LogP contribution in [-0.4, -0.2) is 4.92 Å². The summed E-state index contributed by atoms with van der Waals surface area (Å²) >= 11 is 5.68. The van der Waals surface area contributed by atoms with Crippen molar-refractivity contribution in [1.82, 2.24) is 0 Å². The van der Waals surface area contributed by atoms with Crippen LogP contribution in [0.5, 0.6) is 0 Å². The lowest BCUT2D eigenvalue weighted by Crippen LogP contribution is -2.03. The van der Waals surface area contributed by atoms with Gasteiger partial charge in [0.15, 0.2) is 0 Å². The van der Waals surface area contributed by atoms with Gasteiger partial charge in [-0.15, -0.1) is 0 Å². The number of hydrogen-bond donors (Lipinski definition) is 2. The molecule has 3 N–H and O–H groups in total. The summed E-state index contributed by atoms with van der Waals surface area (Å²) in [6.45, 7) is 0.377. The maximum Gasteiger partial charge on any atom is 0.271 e. The number of halogens is 2. The third kappa shape index (κ3) is 3.16. The van der Waals surface area contributed by atoms with Crippen LogP contribution in [0, 0.1) is 15.9 Å². The molecule has 0 amide bonds. The van der Waals surface area contributed by atoms with E-state index in [1.165, 1.54) is 30.3 Å². The summed E-state index contributed by atoms with van der Waals surface area (Å²) in [6.07, 6.45) is 0. The molecule has 2 aromatic carbocycles. The lowest BCUT2D eigenvalue weighted by Gasteiger charge is -2.09. The summed E-state index contributed by atoms with van der Waals surface area (Å²) in [7, 11) is 0. The number of benzene rings is 2. The van der Waals surface area contributed by atoms with Crippen molar-refractivity contribution in [2.45, 2.75) is 6.54 Å². The summed E-state index contributed by atoms with van der Waals surface area (Å²) in [5.74, 6) is -0.481. The molecule has 0 heterocycles. The number of nitrogens with two attached hydrogens (primary N) is 1. The number of nitrogens with one attached hydrogen (secondary N) is 1. The van der Waals surface area contributed by atoms with Crippen LogP contribution in [0.25, 0.3) is 0 Å². The van der Waals surface area contributed by atoms with Gasteiger partial charge in [0.2, 0.25) is 0 Å². The zero-order valence-electron chi connectivity index (χ0n) is 10.3. The molecule has 5 nitrogen and oxygen atoms in total. The number of nitro groups is 1. The Morgan fingerprint density at radius 2 is 2.05 bits per heavy atom. The predicted molar refractivity (Wildman–Crippen MR) is 76.2 cm³/mol. The number of hydrogen-bond acceptors (Lipinski definition) is 4. The quantitative estimate of drug-likeness (QED) is 0.513. The molecule has 0 radical (unpaired) electrons. The Hall–Kier alpha value is -2.34. The SMILES string of the molecule is Nc1cc([N+](=O)[O-])ccc1NCc1ccc(F)c(Cl)c1. The Morgan fingerprint density at radius 1 is 1.30 bits per heavy atom. The van der Waals surface area contributed by atoms with Gasteiger partial charge < -0.3 is 11.1 Å². The van der Waals surface area contributed by atoms with E-state index in [-0.39, 0.29) is 16.4 Å². The van der Waals surface area contributed by atoms with Gasteiger partial charge in [0.05, 0.1) is 21.3 Å². The minimum absolute atomic E-state index is 0.0426. The molecule has 0 atom stereocenters. The van der Waals surface area contributed by atoms with Gasteiger partial charge >= 0.3 is 0 Å². The Kier molecular flexibility index (Phi) is 4.05. The smallest absolute Gasteiger partial charge is 0.271 e. The number of non-ortho nitro benzene ring substituents is 1. The number of rotatable bonds is 4. The fourth-order valence-electron chi connectivity index (χ4n) is 1.67. The van der Waals surface area contributed by atoms with Crippen LogP contribution in [0.3, 0.4) is 0 Å². The summed E-state index contributed by atoms with van der Waals surface area (Å²) in [5.41, 5.74) is 7.26. The maximum atomic E-state index is 13.0. The van der Waals surface area contributed by atoms with Crippen molar-refractivity contribution in [2.24, 2.45) is 0 Å². The molecule has 7 heteroatoms. The molecular weight excluding hydrogens is 285 g/mol. The van der Waals surface area contributed by atoms with Crippen molar-refractivity contribution in [3.05, 3.63) is 62.9 Å². The highest BCUT2D eigenvalue weighted by atomic mass is 35.5. The van der Waals surface area contributed by atoms with Crippen molar-refractivity contribution >= 4 is 28.7 Å². The van der Waals surface area contributed by atoms with Crippen LogP contribution in [-0.2, 0) is 6.54 Å². The first-order valence-corrected chi connectivity index (χ1v) is 6.07. The van der Waals surface area contributed by atoms with Gasteiger partial charge in [0, 0.05) is 18.7 Å². The molecule has 0 aliphatic carbocycles. The van der Waals surface area contributed by atoms with E-state index in [9.17, 15) is 14.5 Å². The Labute approximate surface area is 119 Å². The summed E-state index contributed by atoms with van der Waals surface area (Å²) in [5, 5.41) is 13.6. The second-order valence-corrected chi connectivity index (χ2v) is 4.54. The minimum atomic E-state index is -0.514. The summed E-state index contributed by atoms with van der Waals surface area (Å²) < 4.78 is 13.0. The van der Waals surface area contributed by atoms with E-state index in [1.807, 2.05) is 0 Å². The molecule has 104 valence electrons. The van der Waals surface area contributed by atoms with Crippen molar-refractivity contribution < 1.29 is 9.31 Å². The van der Waals surface area contributed by atoms with E-state index in [2.05, 4.69) is 5.32 Å². The van der Waals surface area contributed by atoms with E-state index in [0.29, 0.717) is 12.2 Å². The highest BCUT2D eigenvalue weighted by molar-refractivity contribution is 6.30. The highest BCUT2D eigenvalue weighted by Crippen LogP contribution is 2.25. The van der Waals surface area contributed by atoms with Crippen molar-refractivity contribution in [3.63, 3.8) is 0 Å². The van der Waals surface area contributed by atoms with E-state index in [4.69, 9.17) is 17.3 Å². The van der Waals surface area contributed by atoms with Crippen LogP contribution in [0.4, 0.5) is 21.5 Å². The Balaban J connectivity index is 2.10. The lowest BCUT2D eigenvalue weighted by molar-refractivity contribution is -0.384. The van der Waals surface area contributed by atoms with Crippen LogP contribution in [0.15, 0.2) is 36.4 Å². The van der Waals surface area contributed by atoms with Gasteiger partial charge in [-0.3, -0.25) is 10.1 Å². The summed E-state index contributed by atoms with van der Waals surface area (Å²) in [6, 6.07) is 8.54. The highest BCUT2D eigenvalue weighted by Gasteiger charge is 2.08. The van der Waals surface area contributed by atoms with Crippen LogP contribution in [0.2, 0.25) is 5.02 Å². The third-order valence-electron chi connectivity index (χ3n) is 2.71. The summed E-state index contributed by atoms with van der Waals surface area (Å²) in [4.78, 5) is 10.1. The molecule has 0 saturated carbocycles. The molecule has 0 spiro atoms. The third-order valence-corrected chi connectivity index (χ3v) is 3.00. The second kappa shape index (κ2) is 5.75. The number of nitrogens with zero attached hydrogens (tertiary/aromatic N) is 1. The molecule has 0 bridgehead atoms. The van der Waals surface area contributed by atoms with Gasteiger partial charge in [-0.1, -0.05) is 17.7 Å². The fourth-order valence-corrected chi connectivity index (χ4v) is 1.87. The fraction of sp³-hybridized carbons (Fsp3) is 0.0769. The normalized spacial score (nSPS) is 10.3.